The molecule has 0 aliphatic heterocycles. The molecule has 0 radical (unpaired) electrons. The van der Waals surface area contributed by atoms with Gasteiger partial charge in [-0.1, -0.05) is 24.1 Å². The van der Waals surface area contributed by atoms with Crippen molar-refractivity contribution in [2.75, 3.05) is 7.05 Å². The second-order valence-corrected chi connectivity index (χ2v) is 7.32. The van der Waals surface area contributed by atoms with Gasteiger partial charge in [0.2, 0.25) is 0 Å². The third kappa shape index (κ3) is 2.53. The Morgan fingerprint density at radius 2 is 1.80 bits per heavy atom. The van der Waals surface area contributed by atoms with Crippen LogP contribution in [0.25, 0.3) is 0 Å². The summed E-state index contributed by atoms with van der Waals surface area (Å²) in [5.74, 6) is 2.96. The van der Waals surface area contributed by atoms with Gasteiger partial charge in [0.15, 0.2) is 0 Å². The third-order valence-corrected chi connectivity index (χ3v) is 5.94. The van der Waals surface area contributed by atoms with Crippen LogP contribution in [0.1, 0.15) is 47.9 Å². The lowest BCUT2D eigenvalue weighted by Crippen LogP contribution is -2.38. The Hall–Kier alpha value is -0.820. The number of hydrogen-bond donors (Lipinski definition) is 1. The van der Waals surface area contributed by atoms with Crippen LogP contribution in [-0.4, -0.2) is 13.1 Å². The first-order valence-electron chi connectivity index (χ1n) is 8.32. The lowest BCUT2D eigenvalue weighted by molar-refractivity contribution is 0.255. The van der Waals surface area contributed by atoms with Crippen LogP contribution in [0.4, 0.5) is 0 Å². The normalized spacial score (nSPS) is 29.9. The molecule has 110 valence electrons. The summed E-state index contributed by atoms with van der Waals surface area (Å²) in [6.45, 7) is 6.76. The molecular formula is C19H29N. The summed E-state index contributed by atoms with van der Waals surface area (Å²) in [5, 5.41) is 3.65. The fourth-order valence-electron chi connectivity index (χ4n) is 5.01. The van der Waals surface area contributed by atoms with E-state index in [2.05, 4.69) is 45.3 Å². The molecule has 2 bridgehead atoms. The Kier molecular flexibility index (Phi) is 3.90. The number of nitrogens with one attached hydrogen (secondary N) is 1. The van der Waals surface area contributed by atoms with Crippen LogP contribution < -0.4 is 5.32 Å². The van der Waals surface area contributed by atoms with E-state index < -0.39 is 0 Å². The number of benzene rings is 1. The largest absolute Gasteiger partial charge is 0.316 e. The van der Waals surface area contributed by atoms with Crippen molar-refractivity contribution in [1.29, 1.82) is 0 Å². The van der Waals surface area contributed by atoms with Gasteiger partial charge in [-0.05, 0) is 87.9 Å². The summed E-state index contributed by atoms with van der Waals surface area (Å²) in [5.41, 5.74) is 5.93. The molecule has 0 spiro atoms. The van der Waals surface area contributed by atoms with Gasteiger partial charge >= 0.3 is 0 Å². The van der Waals surface area contributed by atoms with Crippen molar-refractivity contribution in [3.05, 3.63) is 34.4 Å². The van der Waals surface area contributed by atoms with Gasteiger partial charge < -0.3 is 5.32 Å². The SMILES string of the molecule is CNC(Cc1c(C)cc(C)cc1C)C1CC2CCC1C2. The van der Waals surface area contributed by atoms with E-state index in [1.165, 1.54) is 48.8 Å². The highest BCUT2D eigenvalue weighted by Crippen LogP contribution is 2.50. The van der Waals surface area contributed by atoms with Crippen LogP contribution in [0.5, 0.6) is 0 Å². The van der Waals surface area contributed by atoms with Gasteiger partial charge in [-0.2, -0.15) is 0 Å². The minimum atomic E-state index is 0.672. The van der Waals surface area contributed by atoms with Crippen molar-refractivity contribution in [1.82, 2.24) is 5.32 Å². The van der Waals surface area contributed by atoms with E-state index in [9.17, 15) is 0 Å². The van der Waals surface area contributed by atoms with E-state index in [1.54, 1.807) is 5.56 Å². The second-order valence-electron chi connectivity index (χ2n) is 7.32. The van der Waals surface area contributed by atoms with Gasteiger partial charge in [-0.15, -0.1) is 0 Å². The highest BCUT2D eigenvalue weighted by atomic mass is 14.9. The first-order valence-corrected chi connectivity index (χ1v) is 8.32. The molecule has 2 aliphatic rings. The molecule has 4 unspecified atom stereocenters. The van der Waals surface area contributed by atoms with Gasteiger partial charge in [0.1, 0.15) is 0 Å². The Morgan fingerprint density at radius 1 is 1.10 bits per heavy atom. The minimum absolute atomic E-state index is 0.672. The molecule has 1 nitrogen and oxygen atoms in total. The number of aryl methyl sites for hydroxylation is 3. The van der Waals surface area contributed by atoms with Crippen molar-refractivity contribution in [2.45, 2.75) is 58.9 Å². The first-order chi connectivity index (χ1) is 9.58. The highest BCUT2D eigenvalue weighted by molar-refractivity contribution is 5.38. The van der Waals surface area contributed by atoms with Crippen LogP contribution in [0.15, 0.2) is 12.1 Å². The number of rotatable bonds is 4. The first kappa shape index (κ1) is 14.1. The Morgan fingerprint density at radius 3 is 2.30 bits per heavy atom. The highest BCUT2D eigenvalue weighted by Gasteiger charge is 2.42. The average molecular weight is 271 g/mol. The zero-order valence-electron chi connectivity index (χ0n) is 13.5. The van der Waals surface area contributed by atoms with Crippen LogP contribution in [0, 0.1) is 38.5 Å². The van der Waals surface area contributed by atoms with Gasteiger partial charge in [0.25, 0.3) is 0 Å². The molecule has 0 saturated heterocycles. The lowest BCUT2D eigenvalue weighted by Gasteiger charge is -2.31. The van der Waals surface area contributed by atoms with Crippen molar-refractivity contribution >= 4 is 0 Å². The van der Waals surface area contributed by atoms with Gasteiger partial charge in [-0.3, -0.25) is 0 Å². The molecule has 1 heteroatoms. The standard InChI is InChI=1S/C19H29N/c1-12-7-13(2)17(14(3)8-12)11-19(20-4)18-10-15-5-6-16(18)9-15/h7-8,15-16,18-20H,5-6,9-11H2,1-4H3. The van der Waals surface area contributed by atoms with Crippen molar-refractivity contribution in [3.63, 3.8) is 0 Å². The Labute approximate surface area is 124 Å². The van der Waals surface area contributed by atoms with Crippen LogP contribution in [0.3, 0.4) is 0 Å². The monoisotopic (exact) mass is 271 g/mol. The molecular weight excluding hydrogens is 242 g/mol. The number of likely N-dealkylation sites (N-methyl/N-ethyl adjacent to an activating group) is 1. The summed E-state index contributed by atoms with van der Waals surface area (Å²) >= 11 is 0. The Balaban J connectivity index is 1.78. The number of fused-ring (bicyclic) bond motifs is 2. The zero-order chi connectivity index (χ0) is 14.3. The maximum atomic E-state index is 3.65. The summed E-state index contributed by atoms with van der Waals surface area (Å²) < 4.78 is 0. The van der Waals surface area contributed by atoms with Crippen molar-refractivity contribution < 1.29 is 0 Å². The maximum absolute atomic E-state index is 3.65. The van der Waals surface area contributed by atoms with E-state index in [0.717, 1.165) is 17.8 Å². The van der Waals surface area contributed by atoms with Crippen molar-refractivity contribution in [3.8, 4) is 0 Å². The lowest BCUT2D eigenvalue weighted by atomic mass is 9.80. The zero-order valence-corrected chi connectivity index (χ0v) is 13.5. The molecule has 0 aromatic heterocycles. The summed E-state index contributed by atoms with van der Waals surface area (Å²) in [7, 11) is 2.16. The molecule has 2 saturated carbocycles. The van der Waals surface area contributed by atoms with E-state index in [-0.39, 0.29) is 0 Å². The molecule has 4 atom stereocenters. The molecule has 1 aromatic carbocycles. The molecule has 0 amide bonds. The van der Waals surface area contributed by atoms with Crippen molar-refractivity contribution in [2.24, 2.45) is 17.8 Å². The molecule has 20 heavy (non-hydrogen) atoms. The fraction of sp³-hybridized carbons (Fsp3) is 0.684. The summed E-state index contributed by atoms with van der Waals surface area (Å²) in [4.78, 5) is 0. The molecule has 2 fully saturated rings. The molecule has 2 aliphatic carbocycles. The second kappa shape index (κ2) is 5.52. The van der Waals surface area contributed by atoms with E-state index in [4.69, 9.17) is 0 Å². The summed E-state index contributed by atoms with van der Waals surface area (Å²) in [6, 6.07) is 5.36. The van der Waals surface area contributed by atoms with E-state index >= 15 is 0 Å². The molecule has 1 N–H and O–H groups in total. The predicted octanol–water partition coefficient (Wildman–Crippen LogP) is 4.18. The Bertz CT molecular complexity index is 468. The average Bonchev–Trinajstić information content (AvgIpc) is 3.00. The van der Waals surface area contributed by atoms with Crippen LogP contribution >= 0.6 is 0 Å². The minimum Gasteiger partial charge on any atom is -0.316 e. The topological polar surface area (TPSA) is 12.0 Å². The van der Waals surface area contributed by atoms with Gasteiger partial charge in [0, 0.05) is 6.04 Å². The molecule has 0 heterocycles. The molecule has 1 aromatic rings. The van der Waals surface area contributed by atoms with Crippen LogP contribution in [-0.2, 0) is 6.42 Å². The molecule has 3 rings (SSSR count). The third-order valence-electron chi connectivity index (χ3n) is 5.94. The van der Waals surface area contributed by atoms with E-state index in [0.29, 0.717) is 6.04 Å². The van der Waals surface area contributed by atoms with E-state index in [1.807, 2.05) is 0 Å². The fourth-order valence-corrected chi connectivity index (χ4v) is 5.01. The van der Waals surface area contributed by atoms with Crippen LogP contribution in [0.2, 0.25) is 0 Å². The maximum Gasteiger partial charge on any atom is 0.0136 e. The quantitative estimate of drug-likeness (QED) is 0.866. The van der Waals surface area contributed by atoms with Gasteiger partial charge in [-0.25, -0.2) is 0 Å². The summed E-state index contributed by atoms with van der Waals surface area (Å²) in [6.07, 6.45) is 7.18. The predicted molar refractivity (Wildman–Crippen MR) is 86.1 cm³/mol. The van der Waals surface area contributed by atoms with Gasteiger partial charge in [0.05, 0.1) is 0 Å². The number of hydrogen-bond acceptors (Lipinski definition) is 1. The smallest absolute Gasteiger partial charge is 0.0136 e.